The molecule has 3 heterocycles. The van der Waals surface area contributed by atoms with Gasteiger partial charge in [0.2, 0.25) is 5.95 Å². The summed E-state index contributed by atoms with van der Waals surface area (Å²) in [5.74, 6) is 0.676. The van der Waals surface area contributed by atoms with E-state index in [2.05, 4.69) is 144 Å². The van der Waals surface area contributed by atoms with Crippen LogP contribution in [0.5, 0.6) is 0 Å². The molecule has 0 saturated heterocycles. The summed E-state index contributed by atoms with van der Waals surface area (Å²) < 4.78 is 2.55. The number of rotatable bonds is 2. The van der Waals surface area contributed by atoms with Gasteiger partial charge in [0.1, 0.15) is 0 Å². The molecule has 0 N–H and O–H groups in total. The second-order valence-electron chi connectivity index (χ2n) is 11.4. The fourth-order valence-electron chi connectivity index (χ4n) is 7.12. The third-order valence-electron chi connectivity index (χ3n) is 8.99. The Morgan fingerprint density at radius 2 is 1.16 bits per heavy atom. The summed E-state index contributed by atoms with van der Waals surface area (Å²) in [5, 5.41) is 8.37. The minimum Gasteiger partial charge on any atom is -0.277 e. The lowest BCUT2D eigenvalue weighted by molar-refractivity contribution is 1.12. The highest BCUT2D eigenvalue weighted by Gasteiger charge is 2.30. The number of fused-ring (bicyclic) bond motifs is 8. The molecule has 10 rings (SSSR count). The number of aromatic nitrogens is 2. The molecule has 4 heteroatoms. The summed E-state index contributed by atoms with van der Waals surface area (Å²) >= 11 is 1.84. The molecule has 0 fully saturated rings. The molecule has 0 amide bonds. The molecule has 0 atom stereocenters. The average Bonchev–Trinajstić information content (AvgIpc) is 3.47. The van der Waals surface area contributed by atoms with Crippen LogP contribution in [-0.2, 0) is 0 Å². The SMILES string of the molecule is c1ccc2c3c(ccc2c1)-c1cccc2cccc(c12)N3c1nc(-c2cccc3sc4ccccc4c23)c2ccccc2n1. The van der Waals surface area contributed by atoms with E-state index >= 15 is 0 Å². The molecule has 0 radical (unpaired) electrons. The van der Waals surface area contributed by atoms with Gasteiger partial charge < -0.3 is 0 Å². The van der Waals surface area contributed by atoms with Gasteiger partial charge in [0.05, 0.1) is 22.6 Å². The number of thiophene rings is 1. The zero-order valence-corrected chi connectivity index (χ0v) is 24.3. The van der Waals surface area contributed by atoms with Gasteiger partial charge >= 0.3 is 0 Å². The van der Waals surface area contributed by atoms with Crippen LogP contribution in [0.15, 0.2) is 140 Å². The third-order valence-corrected chi connectivity index (χ3v) is 10.1. The second-order valence-corrected chi connectivity index (χ2v) is 12.4. The summed E-state index contributed by atoms with van der Waals surface area (Å²) in [4.78, 5) is 13.1. The number of benzene rings is 7. The molecule has 204 valence electrons. The van der Waals surface area contributed by atoms with Gasteiger partial charge in [0.15, 0.2) is 0 Å². The summed E-state index contributed by atoms with van der Waals surface area (Å²) in [6.45, 7) is 0. The fraction of sp³-hybridized carbons (Fsp3) is 0. The van der Waals surface area contributed by atoms with Crippen molar-refractivity contribution in [1.29, 1.82) is 0 Å². The summed E-state index contributed by atoms with van der Waals surface area (Å²) in [7, 11) is 0. The topological polar surface area (TPSA) is 29.0 Å². The summed E-state index contributed by atoms with van der Waals surface area (Å²) in [6.07, 6.45) is 0. The van der Waals surface area contributed by atoms with Crippen molar-refractivity contribution in [2.75, 3.05) is 4.90 Å². The predicted molar refractivity (Wildman–Crippen MR) is 187 cm³/mol. The lowest BCUT2D eigenvalue weighted by Crippen LogP contribution is -2.18. The van der Waals surface area contributed by atoms with Gasteiger partial charge in [-0.3, -0.25) is 4.90 Å². The zero-order chi connectivity index (χ0) is 28.8. The van der Waals surface area contributed by atoms with Crippen LogP contribution in [0.3, 0.4) is 0 Å². The maximum Gasteiger partial charge on any atom is 0.235 e. The second kappa shape index (κ2) is 8.96. The molecule has 0 aliphatic carbocycles. The first-order valence-electron chi connectivity index (χ1n) is 14.8. The van der Waals surface area contributed by atoms with Gasteiger partial charge in [0.25, 0.3) is 0 Å². The van der Waals surface area contributed by atoms with Crippen LogP contribution in [0.2, 0.25) is 0 Å². The molecular formula is C40H23N3S. The Kier molecular flexibility index (Phi) is 4.87. The van der Waals surface area contributed by atoms with Crippen molar-refractivity contribution in [3.8, 4) is 22.4 Å². The number of nitrogens with zero attached hydrogens (tertiary/aromatic N) is 3. The number of hydrogen-bond donors (Lipinski definition) is 0. The molecule has 44 heavy (non-hydrogen) atoms. The van der Waals surface area contributed by atoms with Crippen LogP contribution in [0.25, 0.3) is 75.0 Å². The highest BCUT2D eigenvalue weighted by molar-refractivity contribution is 7.25. The minimum atomic E-state index is 0.676. The molecular weight excluding hydrogens is 555 g/mol. The molecule has 2 aromatic heterocycles. The van der Waals surface area contributed by atoms with Gasteiger partial charge in [0, 0.05) is 47.5 Å². The molecule has 3 nitrogen and oxygen atoms in total. The van der Waals surface area contributed by atoms with E-state index in [1.165, 1.54) is 52.8 Å². The van der Waals surface area contributed by atoms with Gasteiger partial charge in [-0.25, -0.2) is 9.97 Å². The maximum atomic E-state index is 5.52. The number of para-hydroxylation sites is 1. The highest BCUT2D eigenvalue weighted by atomic mass is 32.1. The number of hydrogen-bond acceptors (Lipinski definition) is 4. The molecule has 0 unspecified atom stereocenters. The van der Waals surface area contributed by atoms with Crippen molar-refractivity contribution in [2.45, 2.75) is 0 Å². The average molecular weight is 578 g/mol. The lowest BCUT2D eigenvalue weighted by atomic mass is 9.89. The Morgan fingerprint density at radius 3 is 2.09 bits per heavy atom. The van der Waals surface area contributed by atoms with Gasteiger partial charge in [-0.05, 0) is 40.6 Å². The molecule has 7 aromatic carbocycles. The first-order chi connectivity index (χ1) is 21.8. The number of anilines is 3. The monoisotopic (exact) mass is 577 g/mol. The van der Waals surface area contributed by atoms with Crippen LogP contribution < -0.4 is 4.90 Å². The van der Waals surface area contributed by atoms with Crippen molar-refractivity contribution >= 4 is 81.3 Å². The van der Waals surface area contributed by atoms with Gasteiger partial charge in [-0.1, -0.05) is 115 Å². The van der Waals surface area contributed by atoms with Crippen LogP contribution in [-0.4, -0.2) is 9.97 Å². The molecule has 0 spiro atoms. The molecule has 0 bridgehead atoms. The van der Waals surface area contributed by atoms with E-state index in [0.717, 1.165) is 33.5 Å². The van der Waals surface area contributed by atoms with E-state index < -0.39 is 0 Å². The maximum absolute atomic E-state index is 5.52. The molecule has 9 aromatic rings. The standard InChI is InChI=1S/C40H23N3S/c1-2-13-26-24(10-1)22-23-28-27-16-7-11-25-12-8-19-33(36(25)27)43(39(26)28)40-41-32-18-5-3-14-29(32)38(42-40)31-17-9-21-35-37(31)30-15-4-6-20-34(30)44-35/h1-23H. The minimum absolute atomic E-state index is 0.676. The van der Waals surface area contributed by atoms with Crippen molar-refractivity contribution in [3.05, 3.63) is 140 Å². The van der Waals surface area contributed by atoms with Gasteiger partial charge in [-0.2, -0.15) is 0 Å². The predicted octanol–water partition coefficient (Wildman–Crippen LogP) is 11.4. The molecule has 0 saturated carbocycles. The molecule has 1 aliphatic heterocycles. The van der Waals surface area contributed by atoms with E-state index in [4.69, 9.17) is 9.97 Å². The van der Waals surface area contributed by atoms with E-state index in [1.807, 2.05) is 11.3 Å². The van der Waals surface area contributed by atoms with Crippen LogP contribution in [0, 0.1) is 0 Å². The van der Waals surface area contributed by atoms with Crippen molar-refractivity contribution < 1.29 is 0 Å². The fourth-order valence-corrected chi connectivity index (χ4v) is 8.25. The third kappa shape index (κ3) is 3.26. The Morgan fingerprint density at radius 1 is 0.455 bits per heavy atom. The van der Waals surface area contributed by atoms with Gasteiger partial charge in [-0.15, -0.1) is 11.3 Å². The molecule has 1 aliphatic rings. The van der Waals surface area contributed by atoms with E-state index in [0.29, 0.717) is 5.95 Å². The summed E-state index contributed by atoms with van der Waals surface area (Å²) in [6, 6.07) is 50.0. The quantitative estimate of drug-likeness (QED) is 0.205. The van der Waals surface area contributed by atoms with Crippen molar-refractivity contribution in [1.82, 2.24) is 9.97 Å². The first-order valence-corrected chi connectivity index (χ1v) is 15.7. The lowest BCUT2D eigenvalue weighted by Gasteiger charge is -2.33. The van der Waals surface area contributed by atoms with E-state index in [1.54, 1.807) is 0 Å². The Labute approximate surface area is 257 Å². The van der Waals surface area contributed by atoms with E-state index in [9.17, 15) is 0 Å². The summed E-state index contributed by atoms with van der Waals surface area (Å²) in [5.41, 5.74) is 7.66. The van der Waals surface area contributed by atoms with E-state index in [-0.39, 0.29) is 0 Å². The zero-order valence-electron chi connectivity index (χ0n) is 23.5. The Balaban J connectivity index is 1.35. The largest absolute Gasteiger partial charge is 0.277 e. The van der Waals surface area contributed by atoms with Crippen LogP contribution in [0.1, 0.15) is 0 Å². The van der Waals surface area contributed by atoms with Crippen molar-refractivity contribution in [2.24, 2.45) is 0 Å². The Hall–Kier alpha value is -5.58. The first kappa shape index (κ1) is 23.9. The van der Waals surface area contributed by atoms with Crippen molar-refractivity contribution in [3.63, 3.8) is 0 Å². The Bertz CT molecular complexity index is 2630. The van der Waals surface area contributed by atoms with Crippen LogP contribution >= 0.6 is 11.3 Å². The highest BCUT2D eigenvalue weighted by Crippen LogP contribution is 2.53. The smallest absolute Gasteiger partial charge is 0.235 e. The van der Waals surface area contributed by atoms with Crippen LogP contribution in [0.4, 0.5) is 17.3 Å². The normalized spacial score (nSPS) is 12.5.